The van der Waals surface area contributed by atoms with Gasteiger partial charge in [0.15, 0.2) is 0 Å². The molecule has 0 radical (unpaired) electrons. The number of rotatable bonds is 5. The van der Waals surface area contributed by atoms with Crippen LogP contribution >= 0.6 is 0 Å². The quantitative estimate of drug-likeness (QED) is 0.648. The van der Waals surface area contributed by atoms with Gasteiger partial charge in [-0.15, -0.1) is 0 Å². The van der Waals surface area contributed by atoms with Gasteiger partial charge < -0.3 is 5.73 Å². The van der Waals surface area contributed by atoms with Crippen LogP contribution in [-0.4, -0.2) is 7.28 Å². The van der Waals surface area contributed by atoms with E-state index in [4.69, 9.17) is 5.73 Å². The average Bonchev–Trinajstić information content (AvgIpc) is 2.01. The maximum atomic E-state index is 5.74. The van der Waals surface area contributed by atoms with Crippen LogP contribution < -0.4 is 5.73 Å². The molecule has 0 aliphatic heterocycles. The van der Waals surface area contributed by atoms with E-state index >= 15 is 0 Å². The van der Waals surface area contributed by atoms with Gasteiger partial charge >= 0.3 is 0 Å². The largest absolute Gasteiger partial charge is 0.402 e. The Kier molecular flexibility index (Phi) is 4.59. The van der Waals surface area contributed by atoms with Crippen LogP contribution in [0.1, 0.15) is 41.0 Å². The van der Waals surface area contributed by atoms with E-state index in [0.29, 0.717) is 5.92 Å². The first-order valence-electron chi connectivity index (χ1n) is 5.25. The molecule has 2 N–H and O–H groups in total. The number of hydrogen-bond acceptors (Lipinski definition) is 1. The minimum Gasteiger partial charge on any atom is -0.402 e. The molecule has 0 amide bonds. The summed E-state index contributed by atoms with van der Waals surface area (Å²) in [4.78, 5) is 0. The van der Waals surface area contributed by atoms with Crippen molar-refractivity contribution in [3.8, 4) is 0 Å². The van der Waals surface area contributed by atoms with Crippen molar-refractivity contribution in [1.29, 1.82) is 0 Å². The summed E-state index contributed by atoms with van der Waals surface area (Å²) in [6.07, 6.45) is 1.24. The summed E-state index contributed by atoms with van der Waals surface area (Å²) < 4.78 is 0. The van der Waals surface area contributed by atoms with Gasteiger partial charge in [-0.05, 0) is 5.92 Å². The van der Waals surface area contributed by atoms with Gasteiger partial charge in [0.05, 0.1) is 0 Å². The van der Waals surface area contributed by atoms with Gasteiger partial charge in [-0.3, -0.25) is 0 Å². The van der Waals surface area contributed by atoms with Crippen LogP contribution in [0.25, 0.3) is 0 Å². The maximum absolute atomic E-state index is 5.74. The van der Waals surface area contributed by atoms with E-state index < -0.39 is 0 Å². The molecule has 0 saturated carbocycles. The molecule has 0 heterocycles. The topological polar surface area (TPSA) is 26.0 Å². The summed E-state index contributed by atoms with van der Waals surface area (Å²) in [5.41, 5.74) is 6.56. The Labute approximate surface area is 84.0 Å². The molecule has 1 nitrogen and oxygen atoms in total. The fourth-order valence-corrected chi connectivity index (χ4v) is 1.72. The highest BCUT2D eigenvalue weighted by Gasteiger charge is 2.29. The molecule has 13 heavy (non-hydrogen) atoms. The molecule has 0 rings (SSSR count). The zero-order valence-corrected chi connectivity index (χ0v) is 9.85. The Bertz CT molecular complexity index is 175. The summed E-state index contributed by atoms with van der Waals surface area (Å²) in [7, 11) is 1.22. The highest BCUT2D eigenvalue weighted by Crippen LogP contribution is 2.39. The Morgan fingerprint density at radius 3 is 2.23 bits per heavy atom. The fourth-order valence-electron chi connectivity index (χ4n) is 1.72. The summed E-state index contributed by atoms with van der Waals surface area (Å²) in [6, 6.07) is 0. The standard InChI is InChI=1S/C11H24BN/c1-7-8(2)12-11(5,6)9(3)10(4)13/h8-9,12H,4,7,13H2,1-3,5-6H3. The summed E-state index contributed by atoms with van der Waals surface area (Å²) in [5.74, 6) is 1.18. The van der Waals surface area contributed by atoms with Gasteiger partial charge in [-0.25, -0.2) is 0 Å². The number of nitrogens with two attached hydrogens (primary N) is 1. The molecule has 2 heteroatoms. The molecule has 0 bridgehead atoms. The predicted octanol–water partition coefficient (Wildman–Crippen LogP) is 2.95. The van der Waals surface area contributed by atoms with Crippen LogP contribution in [0, 0.1) is 5.92 Å². The molecular weight excluding hydrogens is 157 g/mol. The molecule has 76 valence electrons. The van der Waals surface area contributed by atoms with Crippen molar-refractivity contribution in [2.24, 2.45) is 11.7 Å². The van der Waals surface area contributed by atoms with E-state index in [9.17, 15) is 0 Å². The first kappa shape index (κ1) is 12.6. The van der Waals surface area contributed by atoms with Crippen molar-refractivity contribution < 1.29 is 0 Å². The van der Waals surface area contributed by atoms with Crippen molar-refractivity contribution in [3.63, 3.8) is 0 Å². The van der Waals surface area contributed by atoms with Crippen molar-refractivity contribution in [3.05, 3.63) is 12.3 Å². The highest BCUT2D eigenvalue weighted by molar-refractivity contribution is 6.41. The monoisotopic (exact) mass is 181 g/mol. The van der Waals surface area contributed by atoms with Crippen LogP contribution in [0.2, 0.25) is 11.1 Å². The molecule has 0 saturated heterocycles. The number of allylic oxidation sites excluding steroid dienone is 1. The minimum absolute atomic E-state index is 0.279. The average molecular weight is 181 g/mol. The van der Waals surface area contributed by atoms with Gasteiger partial charge in [0.1, 0.15) is 7.28 Å². The van der Waals surface area contributed by atoms with E-state index in [0.717, 1.165) is 11.5 Å². The smallest absolute Gasteiger partial charge is 0.131 e. The third-order valence-electron chi connectivity index (χ3n) is 3.30. The molecule has 0 aliphatic carbocycles. The molecule has 0 aliphatic rings. The minimum atomic E-state index is 0.279. The van der Waals surface area contributed by atoms with Crippen LogP contribution in [0.3, 0.4) is 0 Å². The lowest BCUT2D eigenvalue weighted by Gasteiger charge is -2.33. The second kappa shape index (κ2) is 4.73. The molecule has 0 aromatic carbocycles. The molecule has 2 unspecified atom stereocenters. The lowest BCUT2D eigenvalue weighted by molar-refractivity contribution is 0.487. The molecule has 0 spiro atoms. The summed E-state index contributed by atoms with van der Waals surface area (Å²) >= 11 is 0. The molecule has 2 atom stereocenters. The zero-order valence-electron chi connectivity index (χ0n) is 9.85. The van der Waals surface area contributed by atoms with Crippen LogP contribution in [0.4, 0.5) is 0 Å². The van der Waals surface area contributed by atoms with Crippen molar-refractivity contribution >= 4 is 7.28 Å². The first-order valence-corrected chi connectivity index (χ1v) is 5.25. The first-order chi connectivity index (χ1) is 5.81. The number of hydrogen-bond donors (Lipinski definition) is 1. The van der Waals surface area contributed by atoms with E-state index in [-0.39, 0.29) is 5.31 Å². The second-order valence-corrected chi connectivity index (χ2v) is 5.00. The third-order valence-corrected chi connectivity index (χ3v) is 3.30. The summed E-state index contributed by atoms with van der Waals surface area (Å²) in [6.45, 7) is 15.1. The predicted molar refractivity (Wildman–Crippen MR) is 63.4 cm³/mol. The SMILES string of the molecule is C=C(N)C(C)C(C)(C)BC(C)CC. The zero-order chi connectivity index (χ0) is 10.6. The van der Waals surface area contributed by atoms with Crippen molar-refractivity contribution in [2.75, 3.05) is 0 Å². The van der Waals surface area contributed by atoms with Crippen molar-refractivity contribution in [2.45, 2.75) is 52.2 Å². The molecular formula is C11H24BN. The van der Waals surface area contributed by atoms with Gasteiger partial charge in [-0.2, -0.15) is 0 Å². The van der Waals surface area contributed by atoms with Gasteiger partial charge in [-0.1, -0.05) is 58.8 Å². The normalized spacial score (nSPS) is 16.4. The van der Waals surface area contributed by atoms with Crippen LogP contribution in [-0.2, 0) is 0 Å². The Morgan fingerprint density at radius 2 is 1.92 bits per heavy atom. The lowest BCUT2D eigenvalue weighted by Crippen LogP contribution is -2.27. The molecule has 0 aromatic heterocycles. The molecule has 0 aromatic rings. The molecule has 0 fully saturated rings. The second-order valence-electron chi connectivity index (χ2n) is 5.00. The van der Waals surface area contributed by atoms with Gasteiger partial charge in [0.25, 0.3) is 0 Å². The van der Waals surface area contributed by atoms with E-state index in [1.807, 2.05) is 0 Å². The van der Waals surface area contributed by atoms with Crippen LogP contribution in [0.15, 0.2) is 12.3 Å². The van der Waals surface area contributed by atoms with E-state index in [2.05, 4.69) is 41.2 Å². The van der Waals surface area contributed by atoms with E-state index in [1.54, 1.807) is 0 Å². The highest BCUT2D eigenvalue weighted by atomic mass is 14.6. The van der Waals surface area contributed by atoms with Crippen LogP contribution in [0.5, 0.6) is 0 Å². The van der Waals surface area contributed by atoms with Crippen molar-refractivity contribution in [1.82, 2.24) is 0 Å². The lowest BCUT2D eigenvalue weighted by atomic mass is 9.43. The Balaban J connectivity index is 4.29. The van der Waals surface area contributed by atoms with E-state index in [1.165, 1.54) is 13.7 Å². The summed E-state index contributed by atoms with van der Waals surface area (Å²) in [5, 5.41) is 0.279. The Morgan fingerprint density at radius 1 is 1.46 bits per heavy atom. The fraction of sp³-hybridized carbons (Fsp3) is 0.818. The van der Waals surface area contributed by atoms with Gasteiger partial charge in [0, 0.05) is 5.70 Å². The Hall–Kier alpha value is -0.395. The third kappa shape index (κ3) is 3.88. The maximum Gasteiger partial charge on any atom is 0.131 e. The van der Waals surface area contributed by atoms with Gasteiger partial charge in [0.2, 0.25) is 0 Å².